The molecule has 0 aliphatic carbocycles. The van der Waals surface area contributed by atoms with E-state index in [-0.39, 0.29) is 23.7 Å². The van der Waals surface area contributed by atoms with Gasteiger partial charge in [0.2, 0.25) is 0 Å². The highest BCUT2D eigenvalue weighted by Crippen LogP contribution is 2.37. The molecule has 1 atom stereocenters. The summed E-state index contributed by atoms with van der Waals surface area (Å²) in [5, 5.41) is 0. The molecule has 0 bridgehead atoms. The van der Waals surface area contributed by atoms with Gasteiger partial charge in [-0.2, -0.15) is 0 Å². The van der Waals surface area contributed by atoms with Gasteiger partial charge >= 0.3 is 7.12 Å². The van der Waals surface area contributed by atoms with Crippen molar-refractivity contribution >= 4 is 12.6 Å². The molecule has 1 saturated heterocycles. The van der Waals surface area contributed by atoms with Crippen LogP contribution in [0.25, 0.3) is 0 Å². The van der Waals surface area contributed by atoms with Crippen molar-refractivity contribution in [2.75, 3.05) is 0 Å². The monoisotopic (exact) mass is 288 g/mol. The van der Waals surface area contributed by atoms with Crippen LogP contribution in [0.5, 0.6) is 0 Å². The van der Waals surface area contributed by atoms with Gasteiger partial charge in [0.05, 0.1) is 11.2 Å². The molecule has 116 valence electrons. The van der Waals surface area contributed by atoms with Crippen LogP contribution in [0.1, 0.15) is 66.9 Å². The van der Waals surface area contributed by atoms with Crippen molar-refractivity contribution < 1.29 is 9.31 Å². The van der Waals surface area contributed by atoms with E-state index in [9.17, 15) is 0 Å². The minimum Gasteiger partial charge on any atom is -0.399 e. The molecular formula is C18H29BO2. The SMILES string of the molecule is CC(c1cccc(B2OC(C)(C)C(C)(C)O2)c1)C(C)(C)C. The third-order valence-electron chi connectivity index (χ3n) is 5.24. The molecule has 1 aromatic rings. The maximum Gasteiger partial charge on any atom is 0.494 e. The van der Waals surface area contributed by atoms with Crippen molar-refractivity contribution in [2.45, 2.75) is 72.5 Å². The first kappa shape index (κ1) is 16.6. The minimum atomic E-state index is -0.288. The van der Waals surface area contributed by atoms with Gasteiger partial charge < -0.3 is 9.31 Å². The number of hydrogen-bond acceptors (Lipinski definition) is 2. The summed E-state index contributed by atoms with van der Waals surface area (Å²) in [6.45, 7) is 17.5. The molecule has 3 heteroatoms. The van der Waals surface area contributed by atoms with Crippen LogP contribution in [0.4, 0.5) is 0 Å². The van der Waals surface area contributed by atoms with E-state index in [1.54, 1.807) is 0 Å². The summed E-state index contributed by atoms with van der Waals surface area (Å²) in [6, 6.07) is 8.64. The molecule has 2 nitrogen and oxygen atoms in total. The third-order valence-corrected chi connectivity index (χ3v) is 5.24. The fourth-order valence-electron chi connectivity index (χ4n) is 2.45. The zero-order valence-electron chi connectivity index (χ0n) is 14.8. The van der Waals surface area contributed by atoms with E-state index < -0.39 is 0 Å². The van der Waals surface area contributed by atoms with E-state index in [0.29, 0.717) is 5.92 Å². The van der Waals surface area contributed by atoms with Gasteiger partial charge in [0.25, 0.3) is 0 Å². The molecule has 1 fully saturated rings. The van der Waals surface area contributed by atoms with Gasteiger partial charge in [-0.1, -0.05) is 52.0 Å². The summed E-state index contributed by atoms with van der Waals surface area (Å²) in [4.78, 5) is 0. The molecule has 1 unspecified atom stereocenters. The van der Waals surface area contributed by atoms with Crippen molar-refractivity contribution in [3.8, 4) is 0 Å². The predicted molar refractivity (Wildman–Crippen MR) is 90.0 cm³/mol. The average Bonchev–Trinajstić information content (AvgIpc) is 2.57. The Labute approximate surface area is 130 Å². The van der Waals surface area contributed by atoms with E-state index in [1.165, 1.54) is 5.56 Å². The first-order valence-electron chi connectivity index (χ1n) is 7.89. The second-order valence-corrected chi connectivity index (χ2v) is 8.35. The molecule has 0 radical (unpaired) electrons. The zero-order chi connectivity index (χ0) is 16.1. The quantitative estimate of drug-likeness (QED) is 0.762. The summed E-state index contributed by atoms with van der Waals surface area (Å²) in [5.41, 5.74) is 2.12. The van der Waals surface area contributed by atoms with E-state index in [2.05, 4.69) is 79.7 Å². The molecule has 0 N–H and O–H groups in total. The number of benzene rings is 1. The molecule has 2 rings (SSSR count). The van der Waals surface area contributed by atoms with Crippen LogP contribution in [0.2, 0.25) is 0 Å². The average molecular weight is 288 g/mol. The number of hydrogen-bond donors (Lipinski definition) is 0. The van der Waals surface area contributed by atoms with Gasteiger partial charge in [0.1, 0.15) is 0 Å². The van der Waals surface area contributed by atoms with Gasteiger partial charge in [0, 0.05) is 0 Å². The van der Waals surface area contributed by atoms with Crippen LogP contribution in [0.3, 0.4) is 0 Å². The lowest BCUT2D eigenvalue weighted by Gasteiger charge is -2.32. The molecule has 1 aliphatic heterocycles. The van der Waals surface area contributed by atoms with Crippen LogP contribution in [0.15, 0.2) is 24.3 Å². The minimum absolute atomic E-state index is 0.245. The van der Waals surface area contributed by atoms with Crippen LogP contribution in [-0.4, -0.2) is 18.3 Å². The maximum absolute atomic E-state index is 6.15. The fraction of sp³-hybridized carbons (Fsp3) is 0.667. The van der Waals surface area contributed by atoms with Crippen molar-refractivity contribution in [1.82, 2.24) is 0 Å². The van der Waals surface area contributed by atoms with Crippen molar-refractivity contribution in [3.05, 3.63) is 29.8 Å². The Morgan fingerprint density at radius 3 is 2.00 bits per heavy atom. The van der Waals surface area contributed by atoms with Crippen LogP contribution in [0, 0.1) is 5.41 Å². The third kappa shape index (κ3) is 3.19. The lowest BCUT2D eigenvalue weighted by Crippen LogP contribution is -2.41. The molecule has 0 amide bonds. The smallest absolute Gasteiger partial charge is 0.399 e. The lowest BCUT2D eigenvalue weighted by atomic mass is 9.73. The summed E-state index contributed by atoms with van der Waals surface area (Å²) in [6.07, 6.45) is 0. The summed E-state index contributed by atoms with van der Waals surface area (Å²) < 4.78 is 12.3. The molecule has 0 aromatic heterocycles. The zero-order valence-corrected chi connectivity index (χ0v) is 14.8. The number of rotatable bonds is 2. The van der Waals surface area contributed by atoms with Crippen molar-refractivity contribution in [1.29, 1.82) is 0 Å². The Morgan fingerprint density at radius 1 is 1.00 bits per heavy atom. The topological polar surface area (TPSA) is 18.5 Å². The van der Waals surface area contributed by atoms with E-state index in [1.807, 2.05) is 0 Å². The Balaban J connectivity index is 2.28. The van der Waals surface area contributed by atoms with E-state index in [4.69, 9.17) is 9.31 Å². The molecule has 0 spiro atoms. The molecule has 1 heterocycles. The standard InChI is InChI=1S/C18H29BO2/c1-13(16(2,3)4)14-10-9-11-15(12-14)19-20-17(5,6)18(7,8)21-19/h9-13H,1-8H3. The van der Waals surface area contributed by atoms with Gasteiger partial charge in [-0.3, -0.25) is 0 Å². The highest BCUT2D eigenvalue weighted by molar-refractivity contribution is 6.62. The van der Waals surface area contributed by atoms with Gasteiger partial charge in [-0.05, 0) is 50.1 Å². The van der Waals surface area contributed by atoms with Crippen LogP contribution < -0.4 is 5.46 Å². The largest absolute Gasteiger partial charge is 0.494 e. The van der Waals surface area contributed by atoms with Crippen LogP contribution >= 0.6 is 0 Å². The second kappa shape index (κ2) is 5.14. The van der Waals surface area contributed by atoms with Gasteiger partial charge in [-0.15, -0.1) is 0 Å². The molecule has 1 aliphatic rings. The Kier molecular flexibility index (Phi) is 4.05. The maximum atomic E-state index is 6.15. The van der Waals surface area contributed by atoms with E-state index in [0.717, 1.165) is 5.46 Å². The molecule has 1 aromatic carbocycles. The second-order valence-electron chi connectivity index (χ2n) is 8.35. The van der Waals surface area contributed by atoms with Gasteiger partial charge in [0.15, 0.2) is 0 Å². The highest BCUT2D eigenvalue weighted by Gasteiger charge is 2.51. The summed E-state index contributed by atoms with van der Waals surface area (Å²) in [7, 11) is -0.276. The first-order chi connectivity index (χ1) is 9.44. The van der Waals surface area contributed by atoms with Crippen molar-refractivity contribution in [3.63, 3.8) is 0 Å². The lowest BCUT2D eigenvalue weighted by molar-refractivity contribution is 0.00578. The summed E-state index contributed by atoms with van der Waals surface area (Å²) >= 11 is 0. The van der Waals surface area contributed by atoms with Crippen LogP contribution in [-0.2, 0) is 9.31 Å². The first-order valence-corrected chi connectivity index (χ1v) is 7.89. The normalized spacial score (nSPS) is 22.4. The fourth-order valence-corrected chi connectivity index (χ4v) is 2.45. The Hall–Kier alpha value is -0.795. The predicted octanol–water partition coefficient (Wildman–Crippen LogP) is 4.14. The van der Waals surface area contributed by atoms with E-state index >= 15 is 0 Å². The summed E-state index contributed by atoms with van der Waals surface area (Å²) in [5.74, 6) is 0.486. The van der Waals surface area contributed by atoms with Crippen molar-refractivity contribution in [2.24, 2.45) is 5.41 Å². The molecule has 21 heavy (non-hydrogen) atoms. The Bertz CT molecular complexity index is 498. The Morgan fingerprint density at radius 2 is 1.52 bits per heavy atom. The van der Waals surface area contributed by atoms with Gasteiger partial charge in [-0.25, -0.2) is 0 Å². The highest BCUT2D eigenvalue weighted by atomic mass is 16.7. The molecule has 0 saturated carbocycles. The molecular weight excluding hydrogens is 259 g/mol.